The Morgan fingerprint density at radius 2 is 2.05 bits per heavy atom. The van der Waals surface area contributed by atoms with E-state index in [9.17, 15) is 4.39 Å². The van der Waals surface area contributed by atoms with Crippen molar-refractivity contribution in [3.8, 4) is 0 Å². The van der Waals surface area contributed by atoms with E-state index < -0.39 is 0 Å². The molecule has 0 radical (unpaired) electrons. The van der Waals surface area contributed by atoms with Gasteiger partial charge in [0, 0.05) is 49.6 Å². The van der Waals surface area contributed by atoms with E-state index in [-0.39, 0.29) is 5.82 Å². The topological polar surface area (TPSA) is 47.0 Å². The van der Waals surface area contributed by atoms with Crippen LogP contribution in [-0.2, 0) is 17.7 Å². The minimum absolute atomic E-state index is 0.345. The van der Waals surface area contributed by atoms with Crippen molar-refractivity contribution in [2.45, 2.75) is 13.0 Å². The molecule has 1 aromatic carbocycles. The standard InChI is InChI=1S/C15H17ClFN3O/c1-21-5-4-18-8-11-9-19-15(20-10-11)6-12-2-3-13(17)7-14(12)16/h2-3,7,9-10,18H,4-6,8H2,1H3. The minimum Gasteiger partial charge on any atom is -0.383 e. The van der Waals surface area contributed by atoms with Crippen LogP contribution < -0.4 is 5.32 Å². The first-order chi connectivity index (χ1) is 10.2. The number of rotatable bonds is 7. The average molecular weight is 310 g/mol. The van der Waals surface area contributed by atoms with Crippen LogP contribution >= 0.6 is 11.6 Å². The van der Waals surface area contributed by atoms with E-state index in [0.29, 0.717) is 30.4 Å². The number of hydrogen-bond donors (Lipinski definition) is 1. The van der Waals surface area contributed by atoms with Crippen molar-refractivity contribution in [1.82, 2.24) is 15.3 Å². The molecule has 0 fully saturated rings. The van der Waals surface area contributed by atoms with Gasteiger partial charge in [0.2, 0.25) is 0 Å². The number of ether oxygens (including phenoxy) is 1. The lowest BCUT2D eigenvalue weighted by Gasteiger charge is -2.06. The van der Waals surface area contributed by atoms with E-state index in [1.807, 2.05) is 0 Å². The summed E-state index contributed by atoms with van der Waals surface area (Å²) in [5, 5.41) is 3.61. The number of hydrogen-bond acceptors (Lipinski definition) is 4. The van der Waals surface area contributed by atoms with Gasteiger partial charge in [0.25, 0.3) is 0 Å². The maximum atomic E-state index is 13.0. The van der Waals surface area contributed by atoms with E-state index in [0.717, 1.165) is 17.7 Å². The molecule has 0 aliphatic heterocycles. The molecule has 0 aliphatic rings. The molecular formula is C15H17ClFN3O. The van der Waals surface area contributed by atoms with Crippen LogP contribution in [0.1, 0.15) is 17.0 Å². The van der Waals surface area contributed by atoms with Crippen molar-refractivity contribution in [3.05, 3.63) is 58.4 Å². The molecule has 1 heterocycles. The Bertz CT molecular complexity index is 578. The molecule has 0 saturated carbocycles. The molecule has 21 heavy (non-hydrogen) atoms. The molecule has 0 spiro atoms. The number of methoxy groups -OCH3 is 1. The van der Waals surface area contributed by atoms with Crippen molar-refractivity contribution in [1.29, 1.82) is 0 Å². The summed E-state index contributed by atoms with van der Waals surface area (Å²) in [6, 6.07) is 4.33. The summed E-state index contributed by atoms with van der Waals surface area (Å²) in [5.41, 5.74) is 1.81. The molecule has 1 aromatic heterocycles. The van der Waals surface area contributed by atoms with Gasteiger partial charge in [0.1, 0.15) is 11.6 Å². The summed E-state index contributed by atoms with van der Waals surface area (Å²) in [6.07, 6.45) is 4.04. The Balaban J connectivity index is 1.92. The van der Waals surface area contributed by atoms with E-state index in [1.54, 1.807) is 25.6 Å². The summed E-state index contributed by atoms with van der Waals surface area (Å²) in [5.74, 6) is 0.311. The van der Waals surface area contributed by atoms with E-state index >= 15 is 0 Å². The molecule has 112 valence electrons. The lowest BCUT2D eigenvalue weighted by molar-refractivity contribution is 0.199. The molecule has 0 atom stereocenters. The van der Waals surface area contributed by atoms with Gasteiger partial charge in [-0.3, -0.25) is 0 Å². The van der Waals surface area contributed by atoms with Gasteiger partial charge >= 0.3 is 0 Å². The van der Waals surface area contributed by atoms with Crippen molar-refractivity contribution < 1.29 is 9.13 Å². The first-order valence-corrected chi connectivity index (χ1v) is 7.00. The van der Waals surface area contributed by atoms with Gasteiger partial charge in [-0.2, -0.15) is 0 Å². The van der Waals surface area contributed by atoms with Crippen LogP contribution in [0.15, 0.2) is 30.6 Å². The molecule has 0 bridgehead atoms. The van der Waals surface area contributed by atoms with Crippen LogP contribution in [0.3, 0.4) is 0 Å². The highest BCUT2D eigenvalue weighted by atomic mass is 35.5. The maximum absolute atomic E-state index is 13.0. The fourth-order valence-corrected chi connectivity index (χ4v) is 2.04. The third-order valence-electron chi connectivity index (χ3n) is 2.93. The molecule has 4 nitrogen and oxygen atoms in total. The second-order valence-corrected chi connectivity index (χ2v) is 5.00. The van der Waals surface area contributed by atoms with Crippen LogP contribution in [-0.4, -0.2) is 30.2 Å². The lowest BCUT2D eigenvalue weighted by atomic mass is 10.1. The van der Waals surface area contributed by atoms with Crippen molar-refractivity contribution in [2.24, 2.45) is 0 Å². The molecule has 6 heteroatoms. The molecule has 0 aliphatic carbocycles. The highest BCUT2D eigenvalue weighted by Crippen LogP contribution is 2.19. The smallest absolute Gasteiger partial charge is 0.132 e. The van der Waals surface area contributed by atoms with Gasteiger partial charge in [-0.1, -0.05) is 17.7 Å². The summed E-state index contributed by atoms with van der Waals surface area (Å²) in [4.78, 5) is 8.60. The minimum atomic E-state index is -0.345. The first kappa shape index (κ1) is 15.8. The van der Waals surface area contributed by atoms with Gasteiger partial charge in [-0.05, 0) is 17.7 Å². The number of nitrogens with one attached hydrogen (secondary N) is 1. The zero-order valence-electron chi connectivity index (χ0n) is 11.8. The Morgan fingerprint density at radius 3 is 2.71 bits per heavy atom. The van der Waals surface area contributed by atoms with Crippen LogP contribution in [0.5, 0.6) is 0 Å². The molecule has 0 amide bonds. The van der Waals surface area contributed by atoms with Crippen molar-refractivity contribution in [3.63, 3.8) is 0 Å². The molecule has 0 saturated heterocycles. The predicted molar refractivity (Wildman–Crippen MR) is 79.8 cm³/mol. The third kappa shape index (κ3) is 5.04. The molecular weight excluding hydrogens is 293 g/mol. The maximum Gasteiger partial charge on any atom is 0.132 e. The summed E-state index contributed by atoms with van der Waals surface area (Å²) in [7, 11) is 1.67. The third-order valence-corrected chi connectivity index (χ3v) is 3.29. The van der Waals surface area contributed by atoms with E-state index in [4.69, 9.17) is 16.3 Å². The monoisotopic (exact) mass is 309 g/mol. The van der Waals surface area contributed by atoms with E-state index in [1.165, 1.54) is 12.1 Å². The number of benzene rings is 1. The van der Waals surface area contributed by atoms with Gasteiger partial charge in [0.05, 0.1) is 6.61 Å². The van der Waals surface area contributed by atoms with Crippen molar-refractivity contribution in [2.75, 3.05) is 20.3 Å². The van der Waals surface area contributed by atoms with Gasteiger partial charge < -0.3 is 10.1 Å². The molecule has 2 aromatic rings. The number of nitrogens with zero attached hydrogens (tertiary/aromatic N) is 2. The van der Waals surface area contributed by atoms with Crippen molar-refractivity contribution >= 4 is 11.6 Å². The fourth-order valence-electron chi connectivity index (χ4n) is 1.81. The Morgan fingerprint density at radius 1 is 1.29 bits per heavy atom. The second-order valence-electron chi connectivity index (χ2n) is 4.59. The largest absolute Gasteiger partial charge is 0.383 e. The quantitative estimate of drug-likeness (QED) is 0.799. The summed E-state index contributed by atoms with van der Waals surface area (Å²) in [6.45, 7) is 2.15. The Kier molecular flexibility index (Phi) is 6.04. The Labute approximate surface area is 128 Å². The fraction of sp³-hybridized carbons (Fsp3) is 0.333. The van der Waals surface area contributed by atoms with Crippen LogP contribution in [0.4, 0.5) is 4.39 Å². The van der Waals surface area contributed by atoms with Crippen LogP contribution in [0.25, 0.3) is 0 Å². The highest BCUT2D eigenvalue weighted by molar-refractivity contribution is 6.31. The van der Waals surface area contributed by atoms with Gasteiger partial charge in [-0.25, -0.2) is 14.4 Å². The highest BCUT2D eigenvalue weighted by Gasteiger charge is 2.05. The zero-order chi connectivity index (χ0) is 15.1. The predicted octanol–water partition coefficient (Wildman–Crippen LogP) is 2.60. The summed E-state index contributed by atoms with van der Waals surface area (Å²) >= 11 is 5.99. The van der Waals surface area contributed by atoms with Crippen LogP contribution in [0.2, 0.25) is 5.02 Å². The molecule has 1 N–H and O–H groups in total. The lowest BCUT2D eigenvalue weighted by Crippen LogP contribution is -2.18. The van der Waals surface area contributed by atoms with Gasteiger partial charge in [0.15, 0.2) is 0 Å². The Hall–Kier alpha value is -1.56. The van der Waals surface area contributed by atoms with Gasteiger partial charge in [-0.15, -0.1) is 0 Å². The SMILES string of the molecule is COCCNCc1cnc(Cc2ccc(F)cc2Cl)nc1. The average Bonchev–Trinajstić information content (AvgIpc) is 2.48. The van der Waals surface area contributed by atoms with Crippen LogP contribution in [0, 0.1) is 5.82 Å². The molecule has 2 rings (SSSR count). The number of aromatic nitrogens is 2. The molecule has 0 unspecified atom stereocenters. The normalized spacial score (nSPS) is 10.8. The number of halogens is 2. The zero-order valence-corrected chi connectivity index (χ0v) is 12.5. The first-order valence-electron chi connectivity index (χ1n) is 6.62. The summed E-state index contributed by atoms with van der Waals surface area (Å²) < 4.78 is 17.9. The van der Waals surface area contributed by atoms with E-state index in [2.05, 4.69) is 15.3 Å². The second kappa shape index (κ2) is 8.02.